The SMILES string of the molecule is Nc1nnnc(N)c1-c1ccccn1. The molecule has 2 heterocycles. The van der Waals surface area contributed by atoms with Crippen LogP contribution in [0.25, 0.3) is 11.3 Å². The van der Waals surface area contributed by atoms with Crippen molar-refractivity contribution >= 4 is 11.6 Å². The Balaban J connectivity index is 2.63. The third-order valence-corrected chi connectivity index (χ3v) is 1.74. The molecule has 2 aromatic heterocycles. The predicted octanol–water partition coefficient (Wildman–Crippen LogP) is 0.0980. The first-order valence-corrected chi connectivity index (χ1v) is 3.95. The molecule has 0 aliphatic rings. The number of nitrogens with zero attached hydrogens (tertiary/aromatic N) is 4. The Morgan fingerprint density at radius 2 is 1.71 bits per heavy atom. The van der Waals surface area contributed by atoms with E-state index in [0.717, 1.165) is 0 Å². The van der Waals surface area contributed by atoms with E-state index in [4.69, 9.17) is 11.5 Å². The van der Waals surface area contributed by atoms with Gasteiger partial charge in [-0.25, -0.2) is 0 Å². The van der Waals surface area contributed by atoms with E-state index in [1.165, 1.54) is 0 Å². The van der Waals surface area contributed by atoms with Gasteiger partial charge in [0.15, 0.2) is 11.6 Å². The van der Waals surface area contributed by atoms with Crippen LogP contribution in [0.15, 0.2) is 24.4 Å². The highest BCUT2D eigenvalue weighted by Crippen LogP contribution is 2.25. The summed E-state index contributed by atoms with van der Waals surface area (Å²) >= 11 is 0. The van der Waals surface area contributed by atoms with Crippen LogP contribution in [0.5, 0.6) is 0 Å². The topological polar surface area (TPSA) is 104 Å². The van der Waals surface area contributed by atoms with Gasteiger partial charge in [-0.2, -0.15) is 0 Å². The van der Waals surface area contributed by atoms with E-state index < -0.39 is 0 Å². The molecule has 0 bridgehead atoms. The predicted molar refractivity (Wildman–Crippen MR) is 51.9 cm³/mol. The van der Waals surface area contributed by atoms with Crippen LogP contribution in [-0.2, 0) is 0 Å². The molecule has 0 spiro atoms. The Kier molecular flexibility index (Phi) is 1.94. The number of nitrogens with two attached hydrogens (primary N) is 2. The quantitative estimate of drug-likeness (QED) is 0.657. The summed E-state index contributed by atoms with van der Waals surface area (Å²) in [5.41, 5.74) is 12.4. The highest BCUT2D eigenvalue weighted by Gasteiger charge is 2.10. The second-order valence-electron chi connectivity index (χ2n) is 2.65. The lowest BCUT2D eigenvalue weighted by Gasteiger charge is -2.03. The van der Waals surface area contributed by atoms with Crippen LogP contribution in [0.1, 0.15) is 0 Å². The van der Waals surface area contributed by atoms with Gasteiger partial charge in [0.2, 0.25) is 0 Å². The maximum absolute atomic E-state index is 5.62. The maximum Gasteiger partial charge on any atom is 0.161 e. The molecule has 0 saturated heterocycles. The van der Waals surface area contributed by atoms with E-state index in [1.54, 1.807) is 18.3 Å². The Morgan fingerprint density at radius 1 is 1.00 bits per heavy atom. The smallest absolute Gasteiger partial charge is 0.161 e. The van der Waals surface area contributed by atoms with Crippen LogP contribution in [0.3, 0.4) is 0 Å². The molecule has 0 unspecified atom stereocenters. The number of hydrogen-bond acceptors (Lipinski definition) is 6. The Labute approximate surface area is 80.0 Å². The van der Waals surface area contributed by atoms with Crippen molar-refractivity contribution in [3.63, 3.8) is 0 Å². The average Bonchev–Trinajstić information content (AvgIpc) is 2.19. The monoisotopic (exact) mass is 188 g/mol. The van der Waals surface area contributed by atoms with Crippen LogP contribution in [0.4, 0.5) is 11.6 Å². The average molecular weight is 188 g/mol. The van der Waals surface area contributed by atoms with Gasteiger partial charge in [0.05, 0.1) is 11.3 Å². The minimum absolute atomic E-state index is 0.233. The minimum Gasteiger partial charge on any atom is -0.381 e. The summed E-state index contributed by atoms with van der Waals surface area (Å²) in [5, 5.41) is 10.6. The first kappa shape index (κ1) is 8.36. The van der Waals surface area contributed by atoms with Crippen molar-refractivity contribution in [1.82, 2.24) is 20.4 Å². The highest BCUT2D eigenvalue weighted by molar-refractivity contribution is 5.79. The highest BCUT2D eigenvalue weighted by atomic mass is 15.3. The van der Waals surface area contributed by atoms with Crippen molar-refractivity contribution in [2.75, 3.05) is 11.5 Å². The summed E-state index contributed by atoms with van der Waals surface area (Å²) < 4.78 is 0. The van der Waals surface area contributed by atoms with Crippen molar-refractivity contribution in [2.45, 2.75) is 0 Å². The molecule has 14 heavy (non-hydrogen) atoms. The Bertz CT molecular complexity index is 421. The summed E-state index contributed by atoms with van der Waals surface area (Å²) in [4.78, 5) is 4.10. The molecule has 0 fully saturated rings. The summed E-state index contributed by atoms with van der Waals surface area (Å²) in [5.74, 6) is 0.465. The third-order valence-electron chi connectivity index (χ3n) is 1.74. The zero-order chi connectivity index (χ0) is 9.97. The fourth-order valence-electron chi connectivity index (χ4n) is 1.12. The van der Waals surface area contributed by atoms with Crippen LogP contribution in [-0.4, -0.2) is 20.4 Å². The molecule has 0 saturated carbocycles. The third kappa shape index (κ3) is 1.33. The minimum atomic E-state index is 0.233. The summed E-state index contributed by atoms with van der Waals surface area (Å²) in [6.07, 6.45) is 1.65. The number of rotatable bonds is 1. The molecule has 0 aliphatic heterocycles. The molecular weight excluding hydrogens is 180 g/mol. The van der Waals surface area contributed by atoms with Crippen LogP contribution >= 0.6 is 0 Å². The number of pyridine rings is 1. The normalized spacial score (nSPS) is 10.0. The lowest BCUT2D eigenvalue weighted by molar-refractivity contribution is 0.882. The van der Waals surface area contributed by atoms with Gasteiger partial charge in [0.25, 0.3) is 0 Å². The second-order valence-corrected chi connectivity index (χ2v) is 2.65. The molecule has 6 heteroatoms. The van der Waals surface area contributed by atoms with Crippen molar-refractivity contribution in [2.24, 2.45) is 0 Å². The largest absolute Gasteiger partial charge is 0.381 e. The van der Waals surface area contributed by atoms with Crippen LogP contribution < -0.4 is 11.5 Å². The van der Waals surface area contributed by atoms with Gasteiger partial charge in [-0.3, -0.25) is 4.98 Å². The molecule has 0 amide bonds. The number of anilines is 2. The van der Waals surface area contributed by atoms with Gasteiger partial charge in [0, 0.05) is 6.20 Å². The van der Waals surface area contributed by atoms with Crippen LogP contribution in [0.2, 0.25) is 0 Å². The number of nitrogen functional groups attached to an aromatic ring is 2. The second kappa shape index (κ2) is 3.25. The molecule has 0 radical (unpaired) electrons. The van der Waals surface area contributed by atoms with E-state index >= 15 is 0 Å². The van der Waals surface area contributed by atoms with E-state index in [9.17, 15) is 0 Å². The molecule has 2 aromatic rings. The summed E-state index contributed by atoms with van der Waals surface area (Å²) in [6.45, 7) is 0. The summed E-state index contributed by atoms with van der Waals surface area (Å²) in [7, 11) is 0. The molecule has 0 aliphatic carbocycles. The van der Waals surface area contributed by atoms with Gasteiger partial charge in [-0.05, 0) is 17.3 Å². The molecular formula is C8H8N6. The van der Waals surface area contributed by atoms with Crippen molar-refractivity contribution in [3.8, 4) is 11.3 Å². The van der Waals surface area contributed by atoms with Crippen molar-refractivity contribution < 1.29 is 0 Å². The molecule has 2 rings (SSSR count). The maximum atomic E-state index is 5.62. The number of hydrogen-bond donors (Lipinski definition) is 2. The fraction of sp³-hybridized carbons (Fsp3) is 0. The molecule has 0 aromatic carbocycles. The molecule has 0 atom stereocenters. The lowest BCUT2D eigenvalue weighted by Crippen LogP contribution is -2.04. The van der Waals surface area contributed by atoms with Gasteiger partial charge in [-0.15, -0.1) is 10.2 Å². The molecule has 6 nitrogen and oxygen atoms in total. The zero-order valence-electron chi connectivity index (χ0n) is 7.25. The standard InChI is InChI=1S/C8H8N6/c9-7-6(8(10)13-14-12-7)5-3-1-2-4-11-5/h1-4H,(H4,9,10,12,13). The fourth-order valence-corrected chi connectivity index (χ4v) is 1.12. The van der Waals surface area contributed by atoms with Crippen LogP contribution in [0, 0.1) is 0 Å². The first-order valence-electron chi connectivity index (χ1n) is 3.95. The van der Waals surface area contributed by atoms with Gasteiger partial charge in [0.1, 0.15) is 0 Å². The first-order chi connectivity index (χ1) is 6.79. The van der Waals surface area contributed by atoms with Gasteiger partial charge >= 0.3 is 0 Å². The molecule has 4 N–H and O–H groups in total. The summed E-state index contributed by atoms with van der Waals surface area (Å²) in [6, 6.07) is 5.42. The van der Waals surface area contributed by atoms with E-state index in [0.29, 0.717) is 11.3 Å². The lowest BCUT2D eigenvalue weighted by atomic mass is 10.2. The van der Waals surface area contributed by atoms with E-state index in [2.05, 4.69) is 20.4 Å². The van der Waals surface area contributed by atoms with Gasteiger partial charge in [-0.1, -0.05) is 6.07 Å². The van der Waals surface area contributed by atoms with Crippen molar-refractivity contribution in [3.05, 3.63) is 24.4 Å². The molecule has 70 valence electrons. The van der Waals surface area contributed by atoms with Crippen molar-refractivity contribution in [1.29, 1.82) is 0 Å². The Morgan fingerprint density at radius 3 is 2.29 bits per heavy atom. The van der Waals surface area contributed by atoms with E-state index in [-0.39, 0.29) is 11.6 Å². The van der Waals surface area contributed by atoms with E-state index in [1.807, 2.05) is 6.07 Å². The Hall–Kier alpha value is -2.24. The number of aromatic nitrogens is 4. The van der Waals surface area contributed by atoms with Gasteiger partial charge < -0.3 is 11.5 Å². The zero-order valence-corrected chi connectivity index (χ0v) is 7.25.